The summed E-state index contributed by atoms with van der Waals surface area (Å²) >= 11 is 0. The Bertz CT molecular complexity index is 1040. The molecule has 1 aliphatic rings. The third-order valence-corrected chi connectivity index (χ3v) is 4.74. The molecule has 0 spiro atoms. The average Bonchev–Trinajstić information content (AvgIpc) is 2.73. The van der Waals surface area contributed by atoms with Crippen molar-refractivity contribution in [1.82, 2.24) is 4.98 Å². The Balaban J connectivity index is 1.67. The van der Waals surface area contributed by atoms with E-state index in [1.165, 1.54) is 5.56 Å². The quantitative estimate of drug-likeness (QED) is 0.517. The number of hydrogen-bond donors (Lipinski definition) is 0. The third-order valence-electron chi connectivity index (χ3n) is 4.74. The molecule has 1 aliphatic heterocycles. The van der Waals surface area contributed by atoms with Gasteiger partial charge in [-0.2, -0.15) is 0 Å². The first-order chi connectivity index (χ1) is 13.6. The van der Waals surface area contributed by atoms with E-state index in [4.69, 9.17) is 0 Å². The Kier molecular flexibility index (Phi) is 4.81. The highest BCUT2D eigenvalue weighted by Crippen LogP contribution is 2.31. The monoisotopic (exact) mass is 369 g/mol. The van der Waals surface area contributed by atoms with Crippen molar-refractivity contribution in [3.05, 3.63) is 95.2 Å². The molecular formula is C23H19N3O2. The molecule has 2 heterocycles. The summed E-state index contributed by atoms with van der Waals surface area (Å²) in [7, 11) is 0. The molecule has 0 saturated heterocycles. The van der Waals surface area contributed by atoms with Crippen molar-refractivity contribution in [3.63, 3.8) is 0 Å². The molecule has 5 nitrogen and oxygen atoms in total. The second-order valence-electron chi connectivity index (χ2n) is 6.71. The molecule has 0 fully saturated rings. The zero-order valence-corrected chi connectivity index (χ0v) is 15.4. The molecule has 5 heteroatoms. The third kappa shape index (κ3) is 3.34. The van der Waals surface area contributed by atoms with Crippen molar-refractivity contribution < 1.29 is 9.59 Å². The van der Waals surface area contributed by atoms with Crippen LogP contribution in [0.5, 0.6) is 0 Å². The van der Waals surface area contributed by atoms with Crippen molar-refractivity contribution in [1.29, 1.82) is 0 Å². The predicted molar refractivity (Wildman–Crippen MR) is 109 cm³/mol. The number of fused-ring (bicyclic) bond motifs is 1. The summed E-state index contributed by atoms with van der Waals surface area (Å²) in [6.45, 7) is 2.51. The van der Waals surface area contributed by atoms with Crippen molar-refractivity contribution in [2.24, 2.45) is 4.99 Å². The number of rotatable bonds is 4. The summed E-state index contributed by atoms with van der Waals surface area (Å²) in [5.74, 6) is -0.997. The first kappa shape index (κ1) is 17.8. The minimum Gasteiger partial charge on any atom is -0.292 e. The zero-order chi connectivity index (χ0) is 19.5. The van der Waals surface area contributed by atoms with Crippen LogP contribution in [0.15, 0.2) is 77.9 Å². The summed E-state index contributed by atoms with van der Waals surface area (Å²) in [4.78, 5) is 35.9. The fourth-order valence-electron chi connectivity index (χ4n) is 3.26. The molecule has 2 aromatic carbocycles. The number of carbonyl (C=O) groups is 2. The molecular weight excluding hydrogens is 350 g/mol. The minimum absolute atomic E-state index is 0.323. The van der Waals surface area contributed by atoms with Gasteiger partial charge < -0.3 is 0 Å². The number of carbonyl (C=O) groups excluding carboxylic acids is 2. The largest absolute Gasteiger partial charge is 0.292 e. The van der Waals surface area contributed by atoms with E-state index in [9.17, 15) is 9.59 Å². The van der Waals surface area contributed by atoms with Gasteiger partial charge in [0.05, 0.1) is 12.5 Å². The highest BCUT2D eigenvalue weighted by molar-refractivity contribution is 6.28. The highest BCUT2D eigenvalue weighted by atomic mass is 16.2. The van der Waals surface area contributed by atoms with E-state index in [1.54, 1.807) is 42.7 Å². The van der Waals surface area contributed by atoms with E-state index in [-0.39, 0.29) is 11.8 Å². The maximum absolute atomic E-state index is 13.2. The maximum atomic E-state index is 13.2. The lowest BCUT2D eigenvalue weighted by Crippen LogP contribution is -2.45. The lowest BCUT2D eigenvalue weighted by atomic mass is 9.89. The van der Waals surface area contributed by atoms with E-state index >= 15 is 0 Å². The average molecular weight is 369 g/mol. The molecule has 1 unspecified atom stereocenters. The summed E-state index contributed by atoms with van der Waals surface area (Å²) < 4.78 is 0. The van der Waals surface area contributed by atoms with Gasteiger partial charge in [-0.3, -0.25) is 14.6 Å². The Labute approximate surface area is 163 Å². The van der Waals surface area contributed by atoms with Crippen LogP contribution < -0.4 is 4.90 Å². The zero-order valence-electron chi connectivity index (χ0n) is 15.4. The Morgan fingerprint density at radius 1 is 1.00 bits per heavy atom. The van der Waals surface area contributed by atoms with Crippen LogP contribution in [0.4, 0.5) is 5.82 Å². The molecule has 0 aliphatic carbocycles. The molecule has 0 N–H and O–H groups in total. The molecule has 0 bridgehead atoms. The number of benzene rings is 2. The summed E-state index contributed by atoms with van der Waals surface area (Å²) in [5.41, 5.74) is 3.43. The summed E-state index contributed by atoms with van der Waals surface area (Å²) in [6, 6.07) is 20.4. The van der Waals surface area contributed by atoms with Gasteiger partial charge in [-0.15, -0.1) is 0 Å². The van der Waals surface area contributed by atoms with Crippen molar-refractivity contribution in [2.45, 2.75) is 19.4 Å². The molecule has 0 saturated carbocycles. The number of nitrogens with zero attached hydrogens (tertiary/aromatic N) is 3. The number of pyridine rings is 1. The molecule has 4 rings (SSSR count). The molecule has 3 aromatic rings. The van der Waals surface area contributed by atoms with E-state index in [1.807, 2.05) is 43.3 Å². The minimum atomic E-state index is -0.624. The number of aryl methyl sites for hydroxylation is 1. The fraction of sp³-hybridized carbons (Fsp3) is 0.130. The molecule has 138 valence electrons. The normalized spacial score (nSPS) is 16.5. The van der Waals surface area contributed by atoms with Crippen LogP contribution in [0, 0.1) is 6.92 Å². The maximum Gasteiger partial charge on any atom is 0.266 e. The number of amides is 2. The van der Waals surface area contributed by atoms with Gasteiger partial charge in [0, 0.05) is 18.0 Å². The van der Waals surface area contributed by atoms with E-state index in [0.717, 1.165) is 10.5 Å². The summed E-state index contributed by atoms with van der Waals surface area (Å²) in [5, 5.41) is 0. The van der Waals surface area contributed by atoms with Crippen LogP contribution in [-0.2, 0) is 11.3 Å². The van der Waals surface area contributed by atoms with Crippen LogP contribution in [0.1, 0.15) is 33.0 Å². The predicted octanol–water partition coefficient (Wildman–Crippen LogP) is 3.93. The first-order valence-corrected chi connectivity index (χ1v) is 9.09. The smallest absolute Gasteiger partial charge is 0.266 e. The van der Waals surface area contributed by atoms with Crippen molar-refractivity contribution >= 4 is 23.8 Å². The van der Waals surface area contributed by atoms with E-state index < -0.39 is 5.92 Å². The second-order valence-corrected chi connectivity index (χ2v) is 6.71. The number of anilines is 1. The van der Waals surface area contributed by atoms with Crippen molar-refractivity contribution in [2.75, 3.05) is 4.90 Å². The lowest BCUT2D eigenvalue weighted by molar-refractivity contribution is -0.118. The number of aliphatic imine (C=N–C) groups is 1. The van der Waals surface area contributed by atoms with Crippen LogP contribution in [0.3, 0.4) is 0 Å². The van der Waals surface area contributed by atoms with Crippen LogP contribution >= 0.6 is 0 Å². The first-order valence-electron chi connectivity index (χ1n) is 9.09. The van der Waals surface area contributed by atoms with E-state index in [2.05, 4.69) is 9.98 Å². The van der Waals surface area contributed by atoms with Crippen LogP contribution in [-0.4, -0.2) is 23.0 Å². The highest BCUT2D eigenvalue weighted by Gasteiger charge is 2.39. The molecule has 1 atom stereocenters. The Morgan fingerprint density at radius 3 is 2.50 bits per heavy atom. The van der Waals surface area contributed by atoms with E-state index in [0.29, 0.717) is 23.5 Å². The van der Waals surface area contributed by atoms with Gasteiger partial charge in [-0.25, -0.2) is 9.88 Å². The fourth-order valence-corrected chi connectivity index (χ4v) is 3.26. The number of aromatic nitrogens is 1. The van der Waals surface area contributed by atoms with Crippen molar-refractivity contribution in [3.8, 4) is 0 Å². The second kappa shape index (κ2) is 7.56. The molecule has 2 amide bonds. The van der Waals surface area contributed by atoms with Gasteiger partial charge in [0.15, 0.2) is 0 Å². The lowest BCUT2D eigenvalue weighted by Gasteiger charge is -2.30. The van der Waals surface area contributed by atoms with Gasteiger partial charge in [0.2, 0.25) is 5.91 Å². The van der Waals surface area contributed by atoms with Gasteiger partial charge in [-0.1, -0.05) is 54.1 Å². The van der Waals surface area contributed by atoms with Gasteiger partial charge in [0.25, 0.3) is 5.91 Å². The standard InChI is InChI=1S/C23H19N3O2/c1-16-9-11-17(12-10-16)14-24-15-20-18-6-2-3-7-19(18)22(27)26(23(20)28)21-8-4-5-13-25-21/h2-13,15,20H,14H2,1H3. The topological polar surface area (TPSA) is 62.6 Å². The van der Waals surface area contributed by atoms with Gasteiger partial charge in [0.1, 0.15) is 5.82 Å². The Morgan fingerprint density at radius 2 is 1.75 bits per heavy atom. The molecule has 1 aromatic heterocycles. The SMILES string of the molecule is Cc1ccc(CN=CC2C(=O)N(c3ccccn3)C(=O)c3ccccc32)cc1. The Hall–Kier alpha value is -3.60. The number of imide groups is 1. The summed E-state index contributed by atoms with van der Waals surface area (Å²) in [6.07, 6.45) is 3.21. The van der Waals surface area contributed by atoms with Gasteiger partial charge in [-0.05, 0) is 36.2 Å². The molecule has 28 heavy (non-hydrogen) atoms. The molecule has 0 radical (unpaired) electrons. The van der Waals surface area contributed by atoms with Crippen LogP contribution in [0.25, 0.3) is 0 Å². The van der Waals surface area contributed by atoms with Gasteiger partial charge >= 0.3 is 0 Å². The number of hydrogen-bond acceptors (Lipinski definition) is 4. The van der Waals surface area contributed by atoms with Crippen LogP contribution in [0.2, 0.25) is 0 Å².